The molecule has 0 aromatic heterocycles. The van der Waals surface area contributed by atoms with Crippen molar-refractivity contribution in [2.24, 2.45) is 11.8 Å². The van der Waals surface area contributed by atoms with Crippen LogP contribution in [0.5, 0.6) is 11.5 Å². The van der Waals surface area contributed by atoms with Gasteiger partial charge in [0.25, 0.3) is 0 Å². The maximum absolute atomic E-state index is 14.4. The zero-order chi connectivity index (χ0) is 25.8. The first kappa shape index (κ1) is 24.8. The highest BCUT2D eigenvalue weighted by Crippen LogP contribution is 2.49. The topological polar surface area (TPSA) is 62.4 Å². The number of rotatable bonds is 7. The Hall–Kier alpha value is -3.47. The third-order valence-corrected chi connectivity index (χ3v) is 8.68. The molecular formula is C33H39N3O2. The molecule has 5 nitrogen and oxygen atoms in total. The van der Waals surface area contributed by atoms with Crippen LogP contribution in [-0.2, 0) is 10.5 Å². The largest absolute Gasteiger partial charge is 0.457 e. The van der Waals surface area contributed by atoms with E-state index >= 15 is 0 Å². The highest BCUT2D eigenvalue weighted by Gasteiger charge is 2.52. The lowest BCUT2D eigenvalue weighted by Crippen LogP contribution is -2.56. The summed E-state index contributed by atoms with van der Waals surface area (Å²) < 4.78 is 6.25. The SMILES string of the molecule is O=C(NC1CCCCC1)C(C1CCCCC1)C1(c2cccc(Oc3ccccc3)c2)Nc2ccccc2N1. The predicted octanol–water partition coefficient (Wildman–Crippen LogP) is 7.81. The molecule has 1 heterocycles. The predicted molar refractivity (Wildman–Crippen MR) is 153 cm³/mol. The molecule has 3 aliphatic rings. The second-order valence-electron chi connectivity index (χ2n) is 11.3. The van der Waals surface area contributed by atoms with E-state index < -0.39 is 5.66 Å². The van der Waals surface area contributed by atoms with Crippen LogP contribution in [0, 0.1) is 11.8 Å². The monoisotopic (exact) mass is 509 g/mol. The minimum Gasteiger partial charge on any atom is -0.457 e. The molecule has 198 valence electrons. The first-order chi connectivity index (χ1) is 18.7. The Labute approximate surface area is 226 Å². The van der Waals surface area contributed by atoms with E-state index in [2.05, 4.69) is 52.3 Å². The number of hydrogen-bond donors (Lipinski definition) is 3. The first-order valence-electron chi connectivity index (χ1n) is 14.5. The van der Waals surface area contributed by atoms with Crippen molar-refractivity contribution in [3.8, 4) is 11.5 Å². The lowest BCUT2D eigenvalue weighted by molar-refractivity contribution is -0.130. The summed E-state index contributed by atoms with van der Waals surface area (Å²) in [5.41, 5.74) is 2.33. The van der Waals surface area contributed by atoms with E-state index in [0.29, 0.717) is 5.92 Å². The molecule has 2 fully saturated rings. The van der Waals surface area contributed by atoms with Crippen molar-refractivity contribution < 1.29 is 9.53 Å². The second-order valence-corrected chi connectivity index (χ2v) is 11.3. The molecular weight excluding hydrogens is 470 g/mol. The average molecular weight is 510 g/mol. The molecule has 1 amide bonds. The maximum atomic E-state index is 14.4. The van der Waals surface area contributed by atoms with E-state index in [1.807, 2.05) is 42.5 Å². The summed E-state index contributed by atoms with van der Waals surface area (Å²) in [6.07, 6.45) is 11.6. The van der Waals surface area contributed by atoms with Gasteiger partial charge in [-0.05, 0) is 68.0 Å². The van der Waals surface area contributed by atoms with Gasteiger partial charge in [-0.3, -0.25) is 4.79 Å². The van der Waals surface area contributed by atoms with Crippen molar-refractivity contribution in [1.82, 2.24) is 5.32 Å². The van der Waals surface area contributed by atoms with Crippen LogP contribution in [0.3, 0.4) is 0 Å². The van der Waals surface area contributed by atoms with E-state index in [1.54, 1.807) is 0 Å². The molecule has 3 aromatic rings. The van der Waals surface area contributed by atoms with Crippen LogP contribution in [0.2, 0.25) is 0 Å². The van der Waals surface area contributed by atoms with Gasteiger partial charge in [0.15, 0.2) is 0 Å². The quantitative estimate of drug-likeness (QED) is 0.304. The fourth-order valence-electron chi connectivity index (χ4n) is 6.84. The van der Waals surface area contributed by atoms with Crippen LogP contribution in [0.25, 0.3) is 0 Å². The van der Waals surface area contributed by atoms with Crippen LogP contribution < -0.4 is 20.7 Å². The number of fused-ring (bicyclic) bond motifs is 1. The molecule has 0 spiro atoms. The van der Waals surface area contributed by atoms with Crippen molar-refractivity contribution in [2.75, 3.05) is 10.6 Å². The first-order valence-corrected chi connectivity index (χ1v) is 14.5. The molecule has 1 atom stereocenters. The van der Waals surface area contributed by atoms with E-state index in [0.717, 1.165) is 54.1 Å². The molecule has 0 bridgehead atoms. The van der Waals surface area contributed by atoms with Crippen molar-refractivity contribution >= 4 is 17.3 Å². The number of para-hydroxylation sites is 3. The van der Waals surface area contributed by atoms with Gasteiger partial charge >= 0.3 is 0 Å². The van der Waals surface area contributed by atoms with Crippen molar-refractivity contribution in [3.63, 3.8) is 0 Å². The number of anilines is 2. The summed E-state index contributed by atoms with van der Waals surface area (Å²) in [7, 11) is 0. The Morgan fingerprint density at radius 2 is 1.34 bits per heavy atom. The van der Waals surface area contributed by atoms with Crippen molar-refractivity contribution in [2.45, 2.75) is 75.9 Å². The highest BCUT2D eigenvalue weighted by atomic mass is 16.5. The molecule has 0 radical (unpaired) electrons. The summed E-state index contributed by atoms with van der Waals surface area (Å²) >= 11 is 0. The minimum absolute atomic E-state index is 0.172. The Morgan fingerprint density at radius 1 is 0.737 bits per heavy atom. The Morgan fingerprint density at radius 3 is 2.03 bits per heavy atom. The highest BCUT2D eigenvalue weighted by molar-refractivity contribution is 5.86. The van der Waals surface area contributed by atoms with E-state index in [1.165, 1.54) is 38.5 Å². The fraction of sp³-hybridized carbons (Fsp3) is 0.424. The zero-order valence-corrected chi connectivity index (χ0v) is 22.1. The lowest BCUT2D eigenvalue weighted by atomic mass is 9.71. The van der Waals surface area contributed by atoms with E-state index in [9.17, 15) is 4.79 Å². The van der Waals surface area contributed by atoms with Gasteiger partial charge in [-0.25, -0.2) is 0 Å². The standard InChI is InChI=1S/C33H39N3O2/c37-32(34-26-16-6-2-7-17-26)31(24-13-4-1-5-14-24)33(35-29-21-10-11-22-30(29)36-33)25-15-12-20-28(23-25)38-27-18-8-3-9-19-27/h3,8-12,15,18-24,26,31,35-36H,1-2,4-7,13-14,16-17H2,(H,34,37). The van der Waals surface area contributed by atoms with Crippen LogP contribution >= 0.6 is 0 Å². The summed E-state index contributed by atoms with van der Waals surface area (Å²) in [5, 5.41) is 11.2. The van der Waals surface area contributed by atoms with Gasteiger partial charge in [-0.1, -0.05) is 81.0 Å². The van der Waals surface area contributed by atoms with E-state index in [-0.39, 0.29) is 17.9 Å². The molecule has 2 saturated carbocycles. The third kappa shape index (κ3) is 5.11. The van der Waals surface area contributed by atoms with Crippen LogP contribution in [0.1, 0.15) is 69.8 Å². The van der Waals surface area contributed by atoms with Gasteiger partial charge in [0.05, 0.1) is 17.3 Å². The molecule has 38 heavy (non-hydrogen) atoms. The molecule has 3 N–H and O–H groups in total. The van der Waals surface area contributed by atoms with Gasteiger partial charge < -0.3 is 20.7 Å². The van der Waals surface area contributed by atoms with Crippen LogP contribution in [0.15, 0.2) is 78.9 Å². The van der Waals surface area contributed by atoms with Crippen LogP contribution in [0.4, 0.5) is 11.4 Å². The number of amides is 1. The number of hydrogen-bond acceptors (Lipinski definition) is 4. The molecule has 0 saturated heterocycles. The summed E-state index contributed by atoms with van der Waals surface area (Å²) in [4.78, 5) is 14.4. The number of benzene rings is 3. The number of nitrogens with one attached hydrogen (secondary N) is 3. The molecule has 1 aliphatic heterocycles. The number of ether oxygens (including phenoxy) is 1. The Kier molecular flexibility index (Phi) is 7.26. The molecule has 2 aliphatic carbocycles. The second kappa shape index (κ2) is 11.1. The molecule has 6 rings (SSSR count). The Bertz CT molecular complexity index is 1210. The fourth-order valence-corrected chi connectivity index (χ4v) is 6.84. The molecule has 3 aromatic carbocycles. The summed E-state index contributed by atoms with van der Waals surface area (Å²) in [6, 6.07) is 26.7. The number of carbonyl (C=O) groups excluding carboxylic acids is 1. The molecule has 5 heteroatoms. The van der Waals surface area contributed by atoms with Gasteiger partial charge in [0, 0.05) is 11.6 Å². The average Bonchev–Trinajstić information content (AvgIpc) is 3.35. The molecule has 1 unspecified atom stereocenters. The van der Waals surface area contributed by atoms with Gasteiger partial charge in [0.2, 0.25) is 5.91 Å². The van der Waals surface area contributed by atoms with Crippen molar-refractivity contribution in [1.29, 1.82) is 0 Å². The lowest BCUT2D eigenvalue weighted by Gasteiger charge is -2.44. The van der Waals surface area contributed by atoms with Gasteiger partial charge in [0.1, 0.15) is 17.2 Å². The summed E-state index contributed by atoms with van der Waals surface area (Å²) in [5.74, 6) is 1.77. The Balaban J connectivity index is 1.41. The number of carbonyl (C=O) groups is 1. The van der Waals surface area contributed by atoms with Crippen LogP contribution in [-0.4, -0.2) is 11.9 Å². The van der Waals surface area contributed by atoms with E-state index in [4.69, 9.17) is 4.74 Å². The zero-order valence-electron chi connectivity index (χ0n) is 22.1. The summed E-state index contributed by atoms with van der Waals surface area (Å²) in [6.45, 7) is 0. The van der Waals surface area contributed by atoms with Gasteiger partial charge in [-0.15, -0.1) is 0 Å². The third-order valence-electron chi connectivity index (χ3n) is 8.68. The minimum atomic E-state index is -0.763. The van der Waals surface area contributed by atoms with Crippen molar-refractivity contribution in [3.05, 3.63) is 84.4 Å². The van der Waals surface area contributed by atoms with Gasteiger partial charge in [-0.2, -0.15) is 0 Å². The maximum Gasteiger partial charge on any atom is 0.228 e. The smallest absolute Gasteiger partial charge is 0.228 e. The normalized spacial score (nSPS) is 20.0.